The molecule has 19 heavy (non-hydrogen) atoms. The molecule has 1 aliphatic rings. The Kier molecular flexibility index (Phi) is 5.63. The van der Waals surface area contributed by atoms with Crippen molar-refractivity contribution < 1.29 is 14.7 Å². The van der Waals surface area contributed by atoms with Crippen LogP contribution in [0.25, 0.3) is 0 Å². The van der Waals surface area contributed by atoms with Crippen LogP contribution in [-0.4, -0.2) is 28.7 Å². The van der Waals surface area contributed by atoms with Gasteiger partial charge in [0.15, 0.2) is 0 Å². The third-order valence-electron chi connectivity index (χ3n) is 3.99. The number of nitrogens with one attached hydrogen (secondary N) is 2. The number of hydrogen-bond donors (Lipinski definition) is 3. The van der Waals surface area contributed by atoms with Gasteiger partial charge in [0.05, 0.1) is 12.0 Å². The van der Waals surface area contributed by atoms with Crippen LogP contribution in [0.5, 0.6) is 0 Å². The Morgan fingerprint density at radius 2 is 1.84 bits per heavy atom. The molecule has 0 aromatic rings. The van der Waals surface area contributed by atoms with Crippen molar-refractivity contribution in [3.05, 3.63) is 0 Å². The summed E-state index contributed by atoms with van der Waals surface area (Å²) in [7, 11) is 0. The Morgan fingerprint density at radius 3 is 2.26 bits per heavy atom. The minimum Gasteiger partial charge on any atom is -0.481 e. The monoisotopic (exact) mass is 270 g/mol. The Balaban J connectivity index is 2.59. The molecule has 0 aromatic carbocycles. The van der Waals surface area contributed by atoms with Crippen LogP contribution in [0, 0.1) is 5.92 Å². The fourth-order valence-electron chi connectivity index (χ4n) is 2.87. The van der Waals surface area contributed by atoms with Crippen molar-refractivity contribution in [1.82, 2.24) is 10.6 Å². The average molecular weight is 270 g/mol. The number of aliphatic carboxylic acids is 1. The molecule has 110 valence electrons. The molecule has 5 heteroatoms. The van der Waals surface area contributed by atoms with Gasteiger partial charge in [0.1, 0.15) is 0 Å². The number of rotatable bonds is 6. The zero-order chi connectivity index (χ0) is 14.5. The molecule has 1 atom stereocenters. The van der Waals surface area contributed by atoms with Crippen LogP contribution in [0.4, 0.5) is 4.79 Å². The first-order valence-corrected chi connectivity index (χ1v) is 7.19. The first kappa shape index (κ1) is 15.8. The fourth-order valence-corrected chi connectivity index (χ4v) is 2.87. The van der Waals surface area contributed by atoms with Gasteiger partial charge in [-0.3, -0.25) is 4.79 Å². The molecule has 1 aliphatic carbocycles. The largest absolute Gasteiger partial charge is 0.481 e. The molecule has 0 saturated heterocycles. The first-order valence-electron chi connectivity index (χ1n) is 7.19. The average Bonchev–Trinajstić information content (AvgIpc) is 2.72. The van der Waals surface area contributed by atoms with Gasteiger partial charge in [0, 0.05) is 6.04 Å². The van der Waals surface area contributed by atoms with Crippen molar-refractivity contribution in [2.24, 2.45) is 5.92 Å². The third-order valence-corrected chi connectivity index (χ3v) is 3.99. The van der Waals surface area contributed by atoms with Crippen molar-refractivity contribution in [2.45, 2.75) is 70.9 Å². The number of carboxylic acids is 1. The minimum absolute atomic E-state index is 0.0128. The molecule has 0 aliphatic heterocycles. The van der Waals surface area contributed by atoms with E-state index >= 15 is 0 Å². The highest BCUT2D eigenvalue weighted by molar-refractivity contribution is 5.77. The van der Waals surface area contributed by atoms with Gasteiger partial charge in [-0.25, -0.2) is 4.79 Å². The zero-order valence-corrected chi connectivity index (χ0v) is 12.2. The van der Waals surface area contributed by atoms with E-state index < -0.39 is 11.5 Å². The second-order valence-corrected chi connectivity index (χ2v) is 5.92. The second-order valence-electron chi connectivity index (χ2n) is 5.92. The SMILES string of the molecule is CCC(NC(=O)NC1(CC(=O)O)CCCC1)C(C)C. The van der Waals surface area contributed by atoms with Crippen LogP contribution < -0.4 is 10.6 Å². The van der Waals surface area contributed by atoms with Gasteiger partial charge in [0.2, 0.25) is 0 Å². The van der Waals surface area contributed by atoms with E-state index in [1.807, 2.05) is 6.92 Å². The van der Waals surface area contributed by atoms with Gasteiger partial charge in [-0.05, 0) is 25.2 Å². The molecular weight excluding hydrogens is 244 g/mol. The summed E-state index contributed by atoms with van der Waals surface area (Å²) in [5.74, 6) is -0.479. The Morgan fingerprint density at radius 1 is 1.26 bits per heavy atom. The first-order chi connectivity index (χ1) is 8.88. The van der Waals surface area contributed by atoms with Gasteiger partial charge in [0.25, 0.3) is 0 Å². The van der Waals surface area contributed by atoms with E-state index in [9.17, 15) is 9.59 Å². The highest BCUT2D eigenvalue weighted by Crippen LogP contribution is 2.32. The number of carbonyl (C=O) groups excluding carboxylic acids is 1. The van der Waals surface area contributed by atoms with E-state index in [4.69, 9.17) is 5.11 Å². The van der Waals surface area contributed by atoms with Crippen molar-refractivity contribution in [2.75, 3.05) is 0 Å². The summed E-state index contributed by atoms with van der Waals surface area (Å²) in [6.45, 7) is 6.17. The van der Waals surface area contributed by atoms with Crippen molar-refractivity contribution >= 4 is 12.0 Å². The summed E-state index contributed by atoms with van der Waals surface area (Å²) < 4.78 is 0. The van der Waals surface area contributed by atoms with Crippen LogP contribution in [0.2, 0.25) is 0 Å². The molecule has 5 nitrogen and oxygen atoms in total. The number of carboxylic acid groups (broad SMARTS) is 1. The smallest absolute Gasteiger partial charge is 0.315 e. The van der Waals surface area contributed by atoms with Crippen LogP contribution in [0.3, 0.4) is 0 Å². The summed E-state index contributed by atoms with van der Waals surface area (Å²) in [6, 6.07) is -0.105. The van der Waals surface area contributed by atoms with Crippen LogP contribution in [0.1, 0.15) is 59.3 Å². The van der Waals surface area contributed by atoms with E-state index in [-0.39, 0.29) is 18.5 Å². The quantitative estimate of drug-likeness (QED) is 0.694. The van der Waals surface area contributed by atoms with Gasteiger partial charge >= 0.3 is 12.0 Å². The zero-order valence-electron chi connectivity index (χ0n) is 12.2. The molecule has 1 unspecified atom stereocenters. The van der Waals surface area contributed by atoms with Gasteiger partial charge in [-0.2, -0.15) is 0 Å². The van der Waals surface area contributed by atoms with Crippen molar-refractivity contribution in [3.63, 3.8) is 0 Å². The topological polar surface area (TPSA) is 78.4 Å². The van der Waals surface area contributed by atoms with E-state index in [0.29, 0.717) is 5.92 Å². The molecule has 3 N–H and O–H groups in total. The van der Waals surface area contributed by atoms with Crippen molar-refractivity contribution in [3.8, 4) is 0 Å². The Bertz CT molecular complexity index is 323. The highest BCUT2D eigenvalue weighted by atomic mass is 16.4. The summed E-state index contributed by atoms with van der Waals surface area (Å²) in [5, 5.41) is 14.9. The molecule has 0 heterocycles. The van der Waals surface area contributed by atoms with E-state index in [0.717, 1.165) is 32.1 Å². The number of urea groups is 1. The third kappa shape index (κ3) is 4.73. The summed E-state index contributed by atoms with van der Waals surface area (Å²) in [6.07, 6.45) is 4.36. The summed E-state index contributed by atoms with van der Waals surface area (Å²) >= 11 is 0. The number of hydrogen-bond acceptors (Lipinski definition) is 2. The summed E-state index contributed by atoms with van der Waals surface area (Å²) in [4.78, 5) is 23.0. The van der Waals surface area contributed by atoms with Crippen LogP contribution >= 0.6 is 0 Å². The highest BCUT2D eigenvalue weighted by Gasteiger charge is 2.37. The molecule has 1 fully saturated rings. The maximum atomic E-state index is 12.0. The minimum atomic E-state index is -0.849. The number of carbonyl (C=O) groups is 2. The molecular formula is C14H26N2O3. The second kappa shape index (κ2) is 6.78. The van der Waals surface area contributed by atoms with E-state index in [1.54, 1.807) is 0 Å². The van der Waals surface area contributed by atoms with Gasteiger partial charge in [-0.1, -0.05) is 33.6 Å². The predicted octanol–water partition coefficient (Wildman–Crippen LogP) is 2.51. The molecule has 2 amide bonds. The Labute approximate surface area is 115 Å². The maximum Gasteiger partial charge on any atom is 0.315 e. The standard InChI is InChI=1S/C14H26N2O3/c1-4-11(10(2)3)15-13(19)16-14(9-12(17)18)7-5-6-8-14/h10-11H,4-9H2,1-3H3,(H,17,18)(H2,15,16,19). The van der Waals surface area contributed by atoms with E-state index in [1.165, 1.54) is 0 Å². The number of amides is 2. The lowest BCUT2D eigenvalue weighted by Crippen LogP contribution is -2.54. The summed E-state index contributed by atoms with van der Waals surface area (Å²) in [5.41, 5.74) is -0.550. The maximum absolute atomic E-state index is 12.0. The Hall–Kier alpha value is -1.26. The van der Waals surface area contributed by atoms with Crippen molar-refractivity contribution in [1.29, 1.82) is 0 Å². The van der Waals surface area contributed by atoms with Crippen LogP contribution in [-0.2, 0) is 4.79 Å². The molecule has 0 spiro atoms. The normalized spacial score (nSPS) is 19.2. The molecule has 1 rings (SSSR count). The lowest BCUT2D eigenvalue weighted by molar-refractivity contribution is -0.138. The van der Waals surface area contributed by atoms with E-state index in [2.05, 4.69) is 24.5 Å². The predicted molar refractivity (Wildman–Crippen MR) is 74.0 cm³/mol. The lowest BCUT2D eigenvalue weighted by Gasteiger charge is -2.30. The van der Waals surface area contributed by atoms with Gasteiger partial charge in [-0.15, -0.1) is 0 Å². The lowest BCUT2D eigenvalue weighted by atomic mass is 9.93. The molecule has 1 saturated carbocycles. The fraction of sp³-hybridized carbons (Fsp3) is 0.857. The molecule has 0 bridgehead atoms. The van der Waals surface area contributed by atoms with Crippen LogP contribution in [0.15, 0.2) is 0 Å². The molecule has 0 aromatic heterocycles. The van der Waals surface area contributed by atoms with Gasteiger partial charge < -0.3 is 15.7 Å². The molecule has 0 radical (unpaired) electrons.